The highest BCUT2D eigenvalue weighted by molar-refractivity contribution is 6.15. The molecule has 4 aromatic rings. The summed E-state index contributed by atoms with van der Waals surface area (Å²) in [5.41, 5.74) is 8.25. The van der Waals surface area contributed by atoms with Crippen molar-refractivity contribution in [2.75, 3.05) is 18.2 Å². The number of esters is 1. The number of anilines is 2. The average Bonchev–Trinajstić information content (AvgIpc) is 3.35. The highest BCUT2D eigenvalue weighted by Crippen LogP contribution is 2.34. The van der Waals surface area contributed by atoms with Crippen LogP contribution < -0.4 is 11.1 Å². The Kier molecular flexibility index (Phi) is 4.78. The van der Waals surface area contributed by atoms with E-state index in [0.29, 0.717) is 34.6 Å². The minimum atomic E-state index is -0.574. The smallest absolute Gasteiger partial charge is 0.356 e. The number of carbonyl (C=O) groups excluding carboxylic acids is 2. The summed E-state index contributed by atoms with van der Waals surface area (Å²) in [6, 6.07) is 17.6. The number of nitrogen functional groups attached to an aromatic ring is 1. The molecule has 0 spiro atoms. The summed E-state index contributed by atoms with van der Waals surface area (Å²) in [5, 5.41) is 3.51. The Bertz CT molecular complexity index is 1180. The van der Waals surface area contributed by atoms with Crippen LogP contribution in [0.3, 0.4) is 0 Å². The zero-order valence-electron chi connectivity index (χ0n) is 15.7. The summed E-state index contributed by atoms with van der Waals surface area (Å²) in [6.45, 7) is 0.291. The summed E-state index contributed by atoms with van der Waals surface area (Å²) in [4.78, 5) is 25.5. The van der Waals surface area contributed by atoms with Gasteiger partial charge in [-0.05, 0) is 42.5 Å². The van der Waals surface area contributed by atoms with Gasteiger partial charge < -0.3 is 24.8 Å². The first-order valence-corrected chi connectivity index (χ1v) is 8.97. The molecule has 0 saturated heterocycles. The summed E-state index contributed by atoms with van der Waals surface area (Å²) >= 11 is 0. The number of carbonyl (C=O) groups is 2. The molecule has 146 valence electrons. The monoisotopic (exact) mass is 389 g/mol. The number of ether oxygens (including phenoxy) is 1. The van der Waals surface area contributed by atoms with Gasteiger partial charge in [0.15, 0.2) is 5.69 Å². The molecule has 2 aromatic heterocycles. The molecule has 0 unspecified atom stereocenters. The van der Waals surface area contributed by atoms with Crippen LogP contribution in [0.4, 0.5) is 11.4 Å². The van der Waals surface area contributed by atoms with E-state index in [4.69, 9.17) is 14.9 Å². The van der Waals surface area contributed by atoms with Crippen molar-refractivity contribution in [2.24, 2.45) is 0 Å². The summed E-state index contributed by atoms with van der Waals surface area (Å²) in [7, 11) is 1.30. The number of amides is 1. The SMILES string of the molecule is COC(=O)c1c(NC(=O)c2ccccc2)c2cc(N)ccc2n1Cc1ccco1. The first kappa shape index (κ1) is 18.4. The van der Waals surface area contributed by atoms with Crippen molar-refractivity contribution in [1.29, 1.82) is 0 Å². The number of aromatic nitrogens is 1. The van der Waals surface area contributed by atoms with Crippen molar-refractivity contribution in [1.82, 2.24) is 4.57 Å². The lowest BCUT2D eigenvalue weighted by molar-refractivity contribution is 0.0590. The molecule has 4 rings (SSSR count). The van der Waals surface area contributed by atoms with Crippen LogP contribution in [0.2, 0.25) is 0 Å². The van der Waals surface area contributed by atoms with Gasteiger partial charge in [0.2, 0.25) is 0 Å². The molecule has 2 aromatic carbocycles. The van der Waals surface area contributed by atoms with Gasteiger partial charge in [0.25, 0.3) is 5.91 Å². The third kappa shape index (κ3) is 3.45. The number of nitrogens with zero attached hydrogens (tertiary/aromatic N) is 1. The molecule has 0 saturated carbocycles. The third-order valence-corrected chi connectivity index (χ3v) is 4.63. The maximum Gasteiger partial charge on any atom is 0.356 e. The van der Waals surface area contributed by atoms with E-state index in [9.17, 15) is 9.59 Å². The van der Waals surface area contributed by atoms with E-state index < -0.39 is 5.97 Å². The van der Waals surface area contributed by atoms with Gasteiger partial charge in [0.1, 0.15) is 5.76 Å². The molecule has 0 aliphatic carbocycles. The largest absolute Gasteiger partial charge is 0.467 e. The topological polar surface area (TPSA) is 99.5 Å². The van der Waals surface area contributed by atoms with Gasteiger partial charge in [-0.3, -0.25) is 4.79 Å². The molecule has 2 heterocycles. The van der Waals surface area contributed by atoms with Crippen molar-refractivity contribution in [3.05, 3.63) is 83.9 Å². The lowest BCUT2D eigenvalue weighted by atomic mass is 10.1. The van der Waals surface area contributed by atoms with Crippen LogP contribution in [0.1, 0.15) is 26.6 Å². The van der Waals surface area contributed by atoms with E-state index >= 15 is 0 Å². The predicted molar refractivity (Wildman–Crippen MR) is 110 cm³/mol. The van der Waals surface area contributed by atoms with Gasteiger partial charge in [-0.25, -0.2) is 4.79 Å². The fourth-order valence-electron chi connectivity index (χ4n) is 3.31. The Balaban J connectivity index is 1.90. The fourth-order valence-corrected chi connectivity index (χ4v) is 3.31. The molecule has 0 fully saturated rings. The van der Waals surface area contributed by atoms with Gasteiger partial charge >= 0.3 is 5.97 Å². The third-order valence-electron chi connectivity index (χ3n) is 4.63. The van der Waals surface area contributed by atoms with Crippen molar-refractivity contribution < 1.29 is 18.7 Å². The molecule has 7 heteroatoms. The standard InChI is InChI=1S/C22H19N3O4/c1-28-22(27)20-19(24-21(26)14-6-3-2-4-7-14)17-12-15(23)9-10-18(17)25(20)13-16-8-5-11-29-16/h2-12H,13,23H2,1H3,(H,24,26). The van der Waals surface area contributed by atoms with E-state index in [1.807, 2.05) is 12.1 Å². The van der Waals surface area contributed by atoms with E-state index in [1.165, 1.54) is 7.11 Å². The van der Waals surface area contributed by atoms with Gasteiger partial charge in [0, 0.05) is 16.6 Å². The van der Waals surface area contributed by atoms with E-state index in [2.05, 4.69) is 5.32 Å². The zero-order valence-corrected chi connectivity index (χ0v) is 15.7. The van der Waals surface area contributed by atoms with Crippen LogP contribution >= 0.6 is 0 Å². The lowest BCUT2D eigenvalue weighted by Gasteiger charge is -2.10. The molecule has 0 bridgehead atoms. The number of hydrogen-bond acceptors (Lipinski definition) is 5. The molecular weight excluding hydrogens is 370 g/mol. The Labute approximate surface area is 166 Å². The summed E-state index contributed by atoms with van der Waals surface area (Å²) in [5.74, 6) is -0.255. The highest BCUT2D eigenvalue weighted by atomic mass is 16.5. The van der Waals surface area contributed by atoms with Gasteiger partial charge in [-0.15, -0.1) is 0 Å². The number of hydrogen-bond donors (Lipinski definition) is 2. The zero-order chi connectivity index (χ0) is 20.4. The molecule has 7 nitrogen and oxygen atoms in total. The Morgan fingerprint density at radius 3 is 2.59 bits per heavy atom. The van der Waals surface area contributed by atoms with Crippen LogP contribution in [0.25, 0.3) is 10.9 Å². The second kappa shape index (κ2) is 7.55. The molecule has 3 N–H and O–H groups in total. The van der Waals surface area contributed by atoms with Crippen LogP contribution in [0.5, 0.6) is 0 Å². The first-order chi connectivity index (χ1) is 14.1. The highest BCUT2D eigenvalue weighted by Gasteiger charge is 2.26. The predicted octanol–water partition coefficient (Wildman–Crippen LogP) is 3.90. The van der Waals surface area contributed by atoms with Gasteiger partial charge in [-0.2, -0.15) is 0 Å². The maximum atomic E-state index is 12.8. The molecule has 29 heavy (non-hydrogen) atoms. The Morgan fingerprint density at radius 1 is 1.10 bits per heavy atom. The van der Waals surface area contributed by atoms with Crippen LogP contribution in [-0.4, -0.2) is 23.6 Å². The second-order valence-electron chi connectivity index (χ2n) is 6.48. The average molecular weight is 389 g/mol. The van der Waals surface area contributed by atoms with Gasteiger partial charge in [0.05, 0.1) is 31.1 Å². The second-order valence-corrected chi connectivity index (χ2v) is 6.48. The fraction of sp³-hybridized carbons (Fsp3) is 0.0909. The van der Waals surface area contributed by atoms with Crippen LogP contribution in [0.15, 0.2) is 71.3 Å². The minimum Gasteiger partial charge on any atom is -0.467 e. The molecule has 0 radical (unpaired) electrons. The van der Waals surface area contributed by atoms with E-state index in [-0.39, 0.29) is 11.6 Å². The first-order valence-electron chi connectivity index (χ1n) is 8.97. The number of methoxy groups -OCH3 is 1. The Hall–Kier alpha value is -4.00. The minimum absolute atomic E-state index is 0.216. The molecule has 0 aliphatic rings. The molecule has 0 aliphatic heterocycles. The Morgan fingerprint density at radius 2 is 1.90 bits per heavy atom. The summed E-state index contributed by atoms with van der Waals surface area (Å²) < 4.78 is 12.2. The van der Waals surface area contributed by atoms with Crippen molar-refractivity contribution in [3.63, 3.8) is 0 Å². The number of furan rings is 1. The van der Waals surface area contributed by atoms with Crippen LogP contribution in [0, 0.1) is 0 Å². The van der Waals surface area contributed by atoms with Crippen LogP contribution in [-0.2, 0) is 11.3 Å². The van der Waals surface area contributed by atoms with Crippen molar-refractivity contribution in [2.45, 2.75) is 6.54 Å². The van der Waals surface area contributed by atoms with E-state index in [1.54, 1.807) is 59.4 Å². The quantitative estimate of drug-likeness (QED) is 0.398. The number of rotatable bonds is 5. The molecule has 1 amide bonds. The number of benzene rings is 2. The van der Waals surface area contributed by atoms with E-state index in [0.717, 1.165) is 5.52 Å². The number of fused-ring (bicyclic) bond motifs is 1. The number of nitrogens with one attached hydrogen (secondary N) is 1. The maximum absolute atomic E-state index is 12.8. The molecule has 0 atom stereocenters. The number of nitrogens with two attached hydrogens (primary N) is 1. The van der Waals surface area contributed by atoms with Gasteiger partial charge in [-0.1, -0.05) is 18.2 Å². The van der Waals surface area contributed by atoms with Crippen molar-refractivity contribution >= 4 is 34.2 Å². The lowest BCUT2D eigenvalue weighted by Crippen LogP contribution is -2.17. The summed E-state index contributed by atoms with van der Waals surface area (Å²) in [6.07, 6.45) is 1.56. The normalized spacial score (nSPS) is 10.8. The molecular formula is C22H19N3O4. The van der Waals surface area contributed by atoms with Crippen molar-refractivity contribution in [3.8, 4) is 0 Å².